The van der Waals surface area contributed by atoms with Crippen molar-refractivity contribution in [2.75, 3.05) is 66.0 Å². The Morgan fingerprint density at radius 3 is 2.20 bits per heavy atom. The molecule has 2 saturated heterocycles. The van der Waals surface area contributed by atoms with Gasteiger partial charge in [-0.2, -0.15) is 0 Å². The summed E-state index contributed by atoms with van der Waals surface area (Å²) in [5.41, 5.74) is -0.460. The van der Waals surface area contributed by atoms with E-state index >= 15 is 0 Å². The van der Waals surface area contributed by atoms with E-state index in [2.05, 4.69) is 20.1 Å². The van der Waals surface area contributed by atoms with Crippen molar-refractivity contribution in [1.29, 1.82) is 0 Å². The average Bonchev–Trinajstić information content (AvgIpc) is 2.71. The zero-order valence-corrected chi connectivity index (χ0v) is 19.3. The molecule has 2 fully saturated rings. The average molecular weight is 426 g/mol. The van der Waals surface area contributed by atoms with Crippen molar-refractivity contribution in [3.63, 3.8) is 0 Å². The van der Waals surface area contributed by atoms with E-state index in [0.29, 0.717) is 19.7 Å². The molecule has 1 amide bonds. The molecular weight excluding hydrogens is 386 g/mol. The van der Waals surface area contributed by atoms with Crippen LogP contribution in [0.2, 0.25) is 0 Å². The molecule has 2 aliphatic rings. The molecule has 9 heteroatoms. The highest BCUT2D eigenvalue weighted by molar-refractivity contribution is 5.80. The van der Waals surface area contributed by atoms with Gasteiger partial charge in [-0.15, -0.1) is 0 Å². The maximum atomic E-state index is 12.2. The van der Waals surface area contributed by atoms with Crippen LogP contribution in [0.5, 0.6) is 0 Å². The Morgan fingerprint density at radius 2 is 1.67 bits per heavy atom. The second-order valence-corrected chi connectivity index (χ2v) is 8.80. The van der Waals surface area contributed by atoms with Crippen molar-refractivity contribution in [2.24, 2.45) is 10.9 Å². The molecule has 0 unspecified atom stereocenters. The number of likely N-dealkylation sites (tertiary alicyclic amines) is 1. The molecule has 0 atom stereocenters. The van der Waals surface area contributed by atoms with Gasteiger partial charge in [0.2, 0.25) is 0 Å². The lowest BCUT2D eigenvalue weighted by Gasteiger charge is -2.36. The van der Waals surface area contributed by atoms with E-state index in [1.807, 2.05) is 27.7 Å². The number of hydrogen-bond donors (Lipinski definition) is 1. The number of esters is 1. The Bertz CT molecular complexity index is 589. The van der Waals surface area contributed by atoms with Crippen molar-refractivity contribution in [1.82, 2.24) is 20.0 Å². The Hall–Kier alpha value is -2.03. The summed E-state index contributed by atoms with van der Waals surface area (Å²) in [6, 6.07) is 0. The summed E-state index contributed by atoms with van der Waals surface area (Å²) in [5.74, 6) is 0.802. The lowest BCUT2D eigenvalue weighted by Crippen LogP contribution is -2.52. The van der Waals surface area contributed by atoms with Gasteiger partial charge in [-0.05, 0) is 40.5 Å². The number of aliphatic imine (C=N–C) groups is 1. The Kier molecular flexibility index (Phi) is 9.20. The third kappa shape index (κ3) is 7.66. The van der Waals surface area contributed by atoms with Gasteiger partial charge in [0.15, 0.2) is 5.96 Å². The third-order valence-corrected chi connectivity index (χ3v) is 5.36. The number of piperidine rings is 1. The van der Waals surface area contributed by atoms with Gasteiger partial charge in [-0.1, -0.05) is 0 Å². The van der Waals surface area contributed by atoms with Crippen LogP contribution in [0.1, 0.15) is 40.5 Å². The first kappa shape index (κ1) is 24.2. The van der Waals surface area contributed by atoms with Crippen LogP contribution in [0.3, 0.4) is 0 Å². The lowest BCUT2D eigenvalue weighted by atomic mass is 9.97. The summed E-state index contributed by atoms with van der Waals surface area (Å²) in [6.45, 7) is 14.3. The molecule has 0 aromatic heterocycles. The summed E-state index contributed by atoms with van der Waals surface area (Å²) < 4.78 is 10.6. The molecule has 0 aromatic rings. The quantitative estimate of drug-likeness (QED) is 0.405. The van der Waals surface area contributed by atoms with E-state index in [4.69, 9.17) is 9.47 Å². The summed E-state index contributed by atoms with van der Waals surface area (Å²) in [5, 5.41) is 3.43. The number of amides is 1. The zero-order chi connectivity index (χ0) is 22.1. The molecule has 0 aromatic carbocycles. The van der Waals surface area contributed by atoms with Crippen LogP contribution in [-0.2, 0) is 14.3 Å². The van der Waals surface area contributed by atoms with Gasteiger partial charge in [0.1, 0.15) is 5.60 Å². The lowest BCUT2D eigenvalue weighted by molar-refractivity contribution is -0.149. The van der Waals surface area contributed by atoms with E-state index in [1.165, 1.54) is 0 Å². The van der Waals surface area contributed by atoms with Crippen molar-refractivity contribution >= 4 is 18.0 Å². The van der Waals surface area contributed by atoms with Gasteiger partial charge in [-0.3, -0.25) is 14.7 Å². The fraction of sp³-hybridized carbons (Fsp3) is 0.857. The van der Waals surface area contributed by atoms with Gasteiger partial charge < -0.3 is 24.6 Å². The van der Waals surface area contributed by atoms with Crippen LogP contribution in [-0.4, -0.2) is 104 Å². The minimum absolute atomic E-state index is 0.000533. The van der Waals surface area contributed by atoms with Gasteiger partial charge in [-0.25, -0.2) is 4.79 Å². The number of rotatable bonds is 5. The molecule has 2 rings (SSSR count). The van der Waals surface area contributed by atoms with Crippen LogP contribution in [0.4, 0.5) is 4.79 Å². The molecular formula is C21H39N5O4. The Morgan fingerprint density at radius 1 is 1.03 bits per heavy atom. The first-order valence-corrected chi connectivity index (χ1v) is 11.1. The van der Waals surface area contributed by atoms with E-state index in [0.717, 1.165) is 58.1 Å². The van der Waals surface area contributed by atoms with E-state index < -0.39 is 5.60 Å². The molecule has 0 bridgehead atoms. The first-order valence-electron chi connectivity index (χ1n) is 11.1. The van der Waals surface area contributed by atoms with Crippen LogP contribution >= 0.6 is 0 Å². The molecule has 1 N–H and O–H groups in total. The smallest absolute Gasteiger partial charge is 0.410 e. The predicted molar refractivity (Wildman–Crippen MR) is 117 cm³/mol. The van der Waals surface area contributed by atoms with E-state index in [1.54, 1.807) is 11.9 Å². The number of nitrogens with one attached hydrogen (secondary N) is 1. The number of carbonyl (C=O) groups excluding carboxylic acids is 2. The van der Waals surface area contributed by atoms with Gasteiger partial charge >= 0.3 is 12.1 Å². The van der Waals surface area contributed by atoms with Crippen molar-refractivity contribution in [3.05, 3.63) is 0 Å². The van der Waals surface area contributed by atoms with Gasteiger partial charge in [0.25, 0.3) is 0 Å². The summed E-state index contributed by atoms with van der Waals surface area (Å²) >= 11 is 0. The standard InChI is InChI=1S/C21H39N5O4/c1-6-29-18(27)17-7-10-25(11-8-17)19(22-5)23-9-12-24-13-15-26(16-14-24)20(28)30-21(2,3)4/h17H,6-16H2,1-5H3,(H,22,23). The largest absolute Gasteiger partial charge is 0.466 e. The minimum Gasteiger partial charge on any atom is -0.466 e. The van der Waals surface area contributed by atoms with Gasteiger partial charge in [0, 0.05) is 59.4 Å². The van der Waals surface area contributed by atoms with Crippen LogP contribution in [0.15, 0.2) is 4.99 Å². The Balaban J connectivity index is 1.66. The minimum atomic E-state index is -0.460. The zero-order valence-electron chi connectivity index (χ0n) is 19.3. The second-order valence-electron chi connectivity index (χ2n) is 8.80. The van der Waals surface area contributed by atoms with E-state index in [9.17, 15) is 9.59 Å². The molecule has 0 spiro atoms. The number of hydrogen-bond acceptors (Lipinski definition) is 6. The summed E-state index contributed by atoms with van der Waals surface area (Å²) in [7, 11) is 1.79. The number of nitrogens with zero attached hydrogens (tertiary/aromatic N) is 4. The molecule has 0 radical (unpaired) electrons. The SMILES string of the molecule is CCOC(=O)C1CCN(C(=NC)NCCN2CCN(C(=O)OC(C)(C)C)CC2)CC1. The first-order chi connectivity index (χ1) is 14.2. The molecule has 172 valence electrons. The van der Waals surface area contributed by atoms with Crippen LogP contribution in [0, 0.1) is 5.92 Å². The number of guanidine groups is 1. The normalized spacial score (nSPS) is 19.6. The Labute approximate surface area is 180 Å². The van der Waals surface area contributed by atoms with Gasteiger partial charge in [0.05, 0.1) is 12.5 Å². The highest BCUT2D eigenvalue weighted by atomic mass is 16.6. The van der Waals surface area contributed by atoms with E-state index in [-0.39, 0.29) is 18.0 Å². The van der Waals surface area contributed by atoms with Crippen LogP contribution < -0.4 is 5.32 Å². The fourth-order valence-corrected chi connectivity index (χ4v) is 3.73. The molecule has 2 heterocycles. The van der Waals surface area contributed by atoms with Crippen molar-refractivity contribution in [2.45, 2.75) is 46.1 Å². The van der Waals surface area contributed by atoms with Crippen molar-refractivity contribution < 1.29 is 19.1 Å². The van der Waals surface area contributed by atoms with Crippen molar-refractivity contribution in [3.8, 4) is 0 Å². The summed E-state index contributed by atoms with van der Waals surface area (Å²) in [4.78, 5) is 34.8. The molecule has 0 aliphatic carbocycles. The third-order valence-electron chi connectivity index (χ3n) is 5.36. The number of carbonyl (C=O) groups is 2. The molecule has 2 aliphatic heterocycles. The number of piperazine rings is 1. The fourth-order valence-electron chi connectivity index (χ4n) is 3.73. The number of ether oxygens (including phenoxy) is 2. The topological polar surface area (TPSA) is 86.7 Å². The maximum Gasteiger partial charge on any atom is 0.410 e. The second kappa shape index (κ2) is 11.4. The monoisotopic (exact) mass is 425 g/mol. The molecule has 0 saturated carbocycles. The molecule has 9 nitrogen and oxygen atoms in total. The molecule has 30 heavy (non-hydrogen) atoms. The van der Waals surface area contributed by atoms with Crippen LogP contribution in [0.25, 0.3) is 0 Å². The summed E-state index contributed by atoms with van der Waals surface area (Å²) in [6.07, 6.45) is 1.37. The highest BCUT2D eigenvalue weighted by Crippen LogP contribution is 2.18. The highest BCUT2D eigenvalue weighted by Gasteiger charge is 2.28. The maximum absolute atomic E-state index is 12.2. The predicted octanol–water partition coefficient (Wildman–Crippen LogP) is 1.39.